The Morgan fingerprint density at radius 2 is 1.85 bits per heavy atom. The molecule has 1 aromatic heterocycles. The third-order valence-electron chi connectivity index (χ3n) is 4.34. The van der Waals surface area contributed by atoms with E-state index in [-0.39, 0.29) is 11.4 Å². The van der Waals surface area contributed by atoms with Gasteiger partial charge in [-0.15, -0.1) is 0 Å². The number of amides is 1. The molecule has 27 heavy (non-hydrogen) atoms. The SMILES string of the molecule is CCc1ccc(NC(=O)CN(C)S(=O)(=O)c2cccc3cnccc23)cc1. The third kappa shape index (κ3) is 4.15. The van der Waals surface area contributed by atoms with E-state index in [1.807, 2.05) is 24.3 Å². The number of hydrogen-bond donors (Lipinski definition) is 1. The predicted molar refractivity (Wildman–Crippen MR) is 106 cm³/mol. The van der Waals surface area contributed by atoms with E-state index in [2.05, 4.69) is 17.2 Å². The van der Waals surface area contributed by atoms with Crippen molar-refractivity contribution in [1.29, 1.82) is 0 Å². The van der Waals surface area contributed by atoms with Gasteiger partial charge in [0.15, 0.2) is 0 Å². The van der Waals surface area contributed by atoms with E-state index in [0.717, 1.165) is 21.7 Å². The molecule has 7 heteroatoms. The number of carbonyl (C=O) groups excluding carboxylic acids is 1. The van der Waals surface area contributed by atoms with Crippen molar-refractivity contribution >= 4 is 32.4 Å². The van der Waals surface area contributed by atoms with Crippen LogP contribution in [0.4, 0.5) is 5.69 Å². The van der Waals surface area contributed by atoms with E-state index in [1.54, 1.807) is 30.6 Å². The Kier molecular flexibility index (Phi) is 5.53. The largest absolute Gasteiger partial charge is 0.325 e. The average Bonchev–Trinajstić information content (AvgIpc) is 2.68. The second-order valence-corrected chi connectivity index (χ2v) is 8.23. The van der Waals surface area contributed by atoms with Crippen molar-refractivity contribution in [3.63, 3.8) is 0 Å². The molecule has 3 aromatic rings. The number of fused-ring (bicyclic) bond motifs is 1. The Labute approximate surface area is 158 Å². The normalized spacial score (nSPS) is 11.7. The lowest BCUT2D eigenvalue weighted by atomic mass is 10.1. The first-order valence-electron chi connectivity index (χ1n) is 8.59. The lowest BCUT2D eigenvalue weighted by Gasteiger charge is -2.18. The van der Waals surface area contributed by atoms with Gasteiger partial charge in [0.25, 0.3) is 0 Å². The molecule has 1 amide bonds. The van der Waals surface area contributed by atoms with Gasteiger partial charge in [0.05, 0.1) is 11.4 Å². The van der Waals surface area contributed by atoms with Crippen LogP contribution in [0, 0.1) is 0 Å². The predicted octanol–water partition coefficient (Wildman–Crippen LogP) is 3.06. The maximum Gasteiger partial charge on any atom is 0.243 e. The highest BCUT2D eigenvalue weighted by atomic mass is 32.2. The molecule has 140 valence electrons. The van der Waals surface area contributed by atoms with Crippen molar-refractivity contribution in [2.24, 2.45) is 0 Å². The van der Waals surface area contributed by atoms with Crippen LogP contribution in [0.2, 0.25) is 0 Å². The average molecular weight is 383 g/mol. The standard InChI is InChI=1S/C20H21N3O3S/c1-3-15-7-9-17(10-8-15)22-20(24)14-23(2)27(25,26)19-6-4-5-16-13-21-12-11-18(16)19/h4-13H,3,14H2,1-2H3,(H,22,24). The monoisotopic (exact) mass is 383 g/mol. The second kappa shape index (κ2) is 7.85. The quantitative estimate of drug-likeness (QED) is 0.709. The number of nitrogens with zero attached hydrogens (tertiary/aromatic N) is 2. The number of nitrogens with one attached hydrogen (secondary N) is 1. The van der Waals surface area contributed by atoms with Gasteiger partial charge >= 0.3 is 0 Å². The molecular formula is C20H21N3O3S. The van der Waals surface area contributed by atoms with Gasteiger partial charge in [-0.1, -0.05) is 31.2 Å². The summed E-state index contributed by atoms with van der Waals surface area (Å²) in [5.41, 5.74) is 1.80. The Hall–Kier alpha value is -2.77. The molecule has 1 N–H and O–H groups in total. The van der Waals surface area contributed by atoms with Gasteiger partial charge in [-0.2, -0.15) is 4.31 Å². The van der Waals surface area contributed by atoms with Crippen LogP contribution in [0.15, 0.2) is 65.8 Å². The number of likely N-dealkylation sites (N-methyl/N-ethyl adjacent to an activating group) is 1. The molecule has 0 aliphatic heterocycles. The summed E-state index contributed by atoms with van der Waals surface area (Å²) in [6.45, 7) is 1.77. The number of benzene rings is 2. The molecule has 0 radical (unpaired) electrons. The minimum Gasteiger partial charge on any atom is -0.325 e. The Balaban J connectivity index is 1.77. The van der Waals surface area contributed by atoms with E-state index in [9.17, 15) is 13.2 Å². The molecule has 0 aliphatic rings. The highest BCUT2D eigenvalue weighted by Gasteiger charge is 2.24. The topological polar surface area (TPSA) is 79.4 Å². The smallest absolute Gasteiger partial charge is 0.243 e. The summed E-state index contributed by atoms with van der Waals surface area (Å²) < 4.78 is 26.9. The van der Waals surface area contributed by atoms with Crippen LogP contribution in [0.3, 0.4) is 0 Å². The van der Waals surface area contributed by atoms with Gasteiger partial charge in [-0.3, -0.25) is 9.78 Å². The number of pyridine rings is 1. The number of aryl methyl sites for hydroxylation is 1. The summed E-state index contributed by atoms with van der Waals surface area (Å²) in [6.07, 6.45) is 4.07. The molecule has 6 nitrogen and oxygen atoms in total. The minimum atomic E-state index is -3.82. The van der Waals surface area contributed by atoms with Crippen molar-refractivity contribution in [3.8, 4) is 0 Å². The summed E-state index contributed by atoms with van der Waals surface area (Å²) in [5.74, 6) is -0.396. The van der Waals surface area contributed by atoms with E-state index < -0.39 is 15.9 Å². The molecule has 1 heterocycles. The minimum absolute atomic E-state index is 0.157. The fraction of sp³-hybridized carbons (Fsp3) is 0.200. The summed E-state index contributed by atoms with van der Waals surface area (Å²) in [5, 5.41) is 4.04. The molecule has 0 spiro atoms. The number of hydrogen-bond acceptors (Lipinski definition) is 4. The molecule has 0 fully saturated rings. The highest BCUT2D eigenvalue weighted by Crippen LogP contribution is 2.24. The number of carbonyl (C=O) groups is 1. The van der Waals surface area contributed by atoms with E-state index >= 15 is 0 Å². The summed E-state index contributed by atoms with van der Waals surface area (Å²) in [7, 11) is -2.42. The van der Waals surface area contributed by atoms with Gasteiger partial charge in [0.2, 0.25) is 15.9 Å². The summed E-state index contributed by atoms with van der Waals surface area (Å²) in [4.78, 5) is 16.5. The second-order valence-electron chi connectivity index (χ2n) is 6.21. The highest BCUT2D eigenvalue weighted by molar-refractivity contribution is 7.89. The molecule has 0 atom stereocenters. The zero-order chi connectivity index (χ0) is 19.4. The van der Waals surface area contributed by atoms with Crippen LogP contribution in [0.5, 0.6) is 0 Å². The molecule has 2 aromatic carbocycles. The van der Waals surface area contributed by atoms with Crippen molar-refractivity contribution in [2.75, 3.05) is 18.9 Å². The van der Waals surface area contributed by atoms with Crippen molar-refractivity contribution in [3.05, 3.63) is 66.5 Å². The zero-order valence-electron chi connectivity index (χ0n) is 15.2. The first-order valence-corrected chi connectivity index (χ1v) is 10.0. The van der Waals surface area contributed by atoms with Crippen molar-refractivity contribution in [2.45, 2.75) is 18.2 Å². The molecule has 0 saturated heterocycles. The first-order chi connectivity index (χ1) is 12.9. The fourth-order valence-electron chi connectivity index (χ4n) is 2.80. The Morgan fingerprint density at radius 3 is 2.56 bits per heavy atom. The number of aromatic nitrogens is 1. The number of anilines is 1. The molecule has 0 saturated carbocycles. The third-order valence-corrected chi connectivity index (χ3v) is 6.20. The number of rotatable bonds is 6. The molecule has 0 bridgehead atoms. The Morgan fingerprint density at radius 1 is 1.11 bits per heavy atom. The van der Waals surface area contributed by atoms with Crippen molar-refractivity contribution < 1.29 is 13.2 Å². The van der Waals surface area contributed by atoms with Gasteiger partial charge in [0.1, 0.15) is 0 Å². The Bertz CT molecular complexity index is 1060. The van der Waals surface area contributed by atoms with Crippen LogP contribution in [0.25, 0.3) is 10.8 Å². The maximum atomic E-state index is 12.9. The lowest BCUT2D eigenvalue weighted by molar-refractivity contribution is -0.116. The van der Waals surface area contributed by atoms with E-state index in [0.29, 0.717) is 11.1 Å². The summed E-state index contributed by atoms with van der Waals surface area (Å²) in [6, 6.07) is 14.1. The fourth-order valence-corrected chi connectivity index (χ4v) is 4.13. The first kappa shape index (κ1) is 19.0. The molecule has 0 aliphatic carbocycles. The van der Waals surface area contributed by atoms with Gasteiger partial charge < -0.3 is 5.32 Å². The maximum absolute atomic E-state index is 12.9. The van der Waals surface area contributed by atoms with Crippen LogP contribution in [0.1, 0.15) is 12.5 Å². The van der Waals surface area contributed by atoms with Gasteiger partial charge in [0, 0.05) is 35.9 Å². The van der Waals surface area contributed by atoms with Crippen LogP contribution >= 0.6 is 0 Å². The van der Waals surface area contributed by atoms with E-state index in [4.69, 9.17) is 0 Å². The van der Waals surface area contributed by atoms with Crippen LogP contribution < -0.4 is 5.32 Å². The van der Waals surface area contributed by atoms with Crippen LogP contribution in [-0.2, 0) is 21.2 Å². The van der Waals surface area contributed by atoms with Crippen LogP contribution in [-0.4, -0.2) is 37.2 Å². The molecular weight excluding hydrogens is 362 g/mol. The molecule has 3 rings (SSSR count). The number of sulfonamides is 1. The van der Waals surface area contributed by atoms with Gasteiger partial charge in [-0.25, -0.2) is 8.42 Å². The zero-order valence-corrected chi connectivity index (χ0v) is 16.0. The molecule has 0 unspecified atom stereocenters. The van der Waals surface area contributed by atoms with Gasteiger partial charge in [-0.05, 0) is 36.2 Å². The lowest BCUT2D eigenvalue weighted by Crippen LogP contribution is -2.35. The van der Waals surface area contributed by atoms with E-state index in [1.165, 1.54) is 13.1 Å². The summed E-state index contributed by atoms with van der Waals surface area (Å²) >= 11 is 0. The van der Waals surface area contributed by atoms with Crippen molar-refractivity contribution in [1.82, 2.24) is 9.29 Å².